The number of morpholine rings is 1. The van der Waals surface area contributed by atoms with Crippen molar-refractivity contribution in [2.75, 3.05) is 42.3 Å². The highest BCUT2D eigenvalue weighted by Crippen LogP contribution is 2.31. The summed E-state index contributed by atoms with van der Waals surface area (Å²) in [6.07, 6.45) is 0. The van der Waals surface area contributed by atoms with Crippen LogP contribution < -0.4 is 10.2 Å². The molecule has 156 valence electrons. The maximum atomic E-state index is 12.6. The monoisotopic (exact) mass is 459 g/mol. The predicted octanol–water partition coefficient (Wildman–Crippen LogP) is 5.34. The Labute approximate surface area is 189 Å². The van der Waals surface area contributed by atoms with Crippen LogP contribution in [0.25, 0.3) is 11.3 Å². The van der Waals surface area contributed by atoms with Crippen LogP contribution in [0.1, 0.15) is 5.56 Å². The minimum Gasteiger partial charge on any atom is -0.378 e. The molecule has 0 saturated carbocycles. The number of halogens is 1. The summed E-state index contributed by atoms with van der Waals surface area (Å²) in [5.74, 6) is 0.208. The molecule has 2 heterocycles. The highest BCUT2D eigenvalue weighted by atomic mass is 35.5. The van der Waals surface area contributed by atoms with Gasteiger partial charge in [-0.25, -0.2) is 4.98 Å². The number of benzene rings is 2. The van der Waals surface area contributed by atoms with E-state index in [2.05, 4.69) is 46.4 Å². The zero-order valence-electron chi connectivity index (χ0n) is 16.6. The van der Waals surface area contributed by atoms with Crippen molar-refractivity contribution >= 4 is 52.0 Å². The molecule has 5 nitrogen and oxygen atoms in total. The largest absolute Gasteiger partial charge is 0.378 e. The SMILES string of the molecule is Cc1ccc(-c2csc(SCC(=O)Nc3cc(Cl)ccc3N3CCOCC3)n2)cc1. The molecule has 1 N–H and O–H groups in total. The first-order chi connectivity index (χ1) is 14.6. The second-order valence-electron chi connectivity index (χ2n) is 6.96. The van der Waals surface area contributed by atoms with E-state index in [-0.39, 0.29) is 11.7 Å². The number of rotatable bonds is 6. The van der Waals surface area contributed by atoms with E-state index in [4.69, 9.17) is 16.3 Å². The van der Waals surface area contributed by atoms with Gasteiger partial charge in [-0.05, 0) is 25.1 Å². The van der Waals surface area contributed by atoms with Crippen LogP contribution >= 0.6 is 34.7 Å². The molecule has 0 aliphatic carbocycles. The highest BCUT2D eigenvalue weighted by Gasteiger charge is 2.17. The van der Waals surface area contributed by atoms with E-state index in [1.807, 2.05) is 17.5 Å². The first-order valence-corrected chi connectivity index (χ1v) is 11.9. The summed E-state index contributed by atoms with van der Waals surface area (Å²) in [6.45, 7) is 5.01. The highest BCUT2D eigenvalue weighted by molar-refractivity contribution is 8.01. The van der Waals surface area contributed by atoms with Crippen LogP contribution in [0.4, 0.5) is 11.4 Å². The van der Waals surface area contributed by atoms with Gasteiger partial charge in [-0.2, -0.15) is 0 Å². The summed E-state index contributed by atoms with van der Waals surface area (Å²) in [7, 11) is 0. The molecule has 30 heavy (non-hydrogen) atoms. The van der Waals surface area contributed by atoms with Gasteiger partial charge in [0.1, 0.15) is 0 Å². The third-order valence-corrected chi connectivity index (χ3v) is 7.00. The molecule has 0 unspecified atom stereocenters. The molecule has 1 amide bonds. The van der Waals surface area contributed by atoms with Crippen molar-refractivity contribution in [1.29, 1.82) is 0 Å². The van der Waals surface area contributed by atoms with Gasteiger partial charge in [-0.1, -0.05) is 53.2 Å². The fraction of sp³-hybridized carbons (Fsp3) is 0.273. The number of thiazole rings is 1. The van der Waals surface area contributed by atoms with E-state index in [0.717, 1.165) is 40.1 Å². The molecule has 0 spiro atoms. The van der Waals surface area contributed by atoms with Crippen LogP contribution in [-0.2, 0) is 9.53 Å². The molecule has 2 aromatic carbocycles. The maximum absolute atomic E-state index is 12.6. The standard InChI is InChI=1S/C22H22ClN3O2S2/c1-15-2-4-16(5-3-15)19-13-29-22(25-19)30-14-21(27)24-18-12-17(23)6-7-20(18)26-8-10-28-11-9-26/h2-7,12-13H,8-11,14H2,1H3,(H,24,27). The number of aromatic nitrogens is 1. The Morgan fingerprint density at radius 3 is 2.77 bits per heavy atom. The first kappa shape index (κ1) is 21.2. The summed E-state index contributed by atoms with van der Waals surface area (Å²) in [5.41, 5.74) is 4.94. The Bertz CT molecular complexity index is 1020. The van der Waals surface area contributed by atoms with Crippen molar-refractivity contribution in [2.45, 2.75) is 11.3 Å². The Morgan fingerprint density at radius 2 is 2.00 bits per heavy atom. The number of thioether (sulfide) groups is 1. The number of nitrogens with zero attached hydrogens (tertiary/aromatic N) is 2. The lowest BCUT2D eigenvalue weighted by Crippen LogP contribution is -2.36. The molecule has 4 rings (SSSR count). The summed E-state index contributed by atoms with van der Waals surface area (Å²) in [5, 5.41) is 5.63. The predicted molar refractivity (Wildman–Crippen MR) is 126 cm³/mol. The molecule has 1 aromatic heterocycles. The lowest BCUT2D eigenvalue weighted by Gasteiger charge is -2.30. The van der Waals surface area contributed by atoms with Gasteiger partial charge in [-0.15, -0.1) is 11.3 Å². The quantitative estimate of drug-likeness (QED) is 0.504. The van der Waals surface area contributed by atoms with Crippen molar-refractivity contribution in [3.8, 4) is 11.3 Å². The second-order valence-corrected chi connectivity index (χ2v) is 9.48. The molecule has 1 saturated heterocycles. The molecule has 3 aromatic rings. The molecular weight excluding hydrogens is 438 g/mol. The summed E-state index contributed by atoms with van der Waals surface area (Å²) in [4.78, 5) is 19.5. The van der Waals surface area contributed by atoms with E-state index in [0.29, 0.717) is 18.2 Å². The molecule has 0 bridgehead atoms. The van der Waals surface area contributed by atoms with E-state index >= 15 is 0 Å². The Kier molecular flexibility index (Phi) is 6.94. The molecule has 0 radical (unpaired) electrons. The van der Waals surface area contributed by atoms with Gasteiger partial charge in [0.05, 0.1) is 36.0 Å². The molecule has 8 heteroatoms. The number of ether oxygens (including phenoxy) is 1. The van der Waals surface area contributed by atoms with Crippen LogP contribution in [0.15, 0.2) is 52.2 Å². The third kappa shape index (κ3) is 5.35. The van der Waals surface area contributed by atoms with Gasteiger partial charge in [0.25, 0.3) is 0 Å². The zero-order valence-corrected chi connectivity index (χ0v) is 18.9. The fourth-order valence-electron chi connectivity index (χ4n) is 3.18. The first-order valence-electron chi connectivity index (χ1n) is 9.66. The zero-order chi connectivity index (χ0) is 20.9. The number of aryl methyl sites for hydroxylation is 1. The van der Waals surface area contributed by atoms with E-state index in [9.17, 15) is 4.79 Å². The number of anilines is 2. The maximum Gasteiger partial charge on any atom is 0.234 e. The average Bonchev–Trinajstić information content (AvgIpc) is 3.23. The van der Waals surface area contributed by atoms with Crippen LogP contribution in [-0.4, -0.2) is 42.9 Å². The Morgan fingerprint density at radius 1 is 1.23 bits per heavy atom. The van der Waals surface area contributed by atoms with Gasteiger partial charge < -0.3 is 15.0 Å². The van der Waals surface area contributed by atoms with E-state index in [1.165, 1.54) is 17.3 Å². The van der Waals surface area contributed by atoms with Crippen LogP contribution in [0.5, 0.6) is 0 Å². The van der Waals surface area contributed by atoms with Crippen molar-refractivity contribution in [3.63, 3.8) is 0 Å². The molecule has 1 aliphatic rings. The second kappa shape index (κ2) is 9.83. The van der Waals surface area contributed by atoms with Gasteiger partial charge in [0, 0.05) is 29.1 Å². The third-order valence-electron chi connectivity index (χ3n) is 4.74. The summed E-state index contributed by atoms with van der Waals surface area (Å²) >= 11 is 9.17. The lowest BCUT2D eigenvalue weighted by molar-refractivity contribution is -0.113. The number of carbonyl (C=O) groups is 1. The molecular formula is C22H22ClN3O2S2. The topological polar surface area (TPSA) is 54.5 Å². The van der Waals surface area contributed by atoms with Gasteiger partial charge in [-0.3, -0.25) is 4.79 Å². The number of nitrogens with one attached hydrogen (secondary N) is 1. The Balaban J connectivity index is 1.38. The van der Waals surface area contributed by atoms with E-state index < -0.39 is 0 Å². The fourth-order valence-corrected chi connectivity index (χ4v) is 4.99. The summed E-state index contributed by atoms with van der Waals surface area (Å²) < 4.78 is 6.30. The number of amides is 1. The van der Waals surface area contributed by atoms with Crippen molar-refractivity contribution < 1.29 is 9.53 Å². The summed E-state index contributed by atoms with van der Waals surface area (Å²) in [6, 6.07) is 13.9. The normalized spacial score (nSPS) is 14.0. The molecule has 1 fully saturated rings. The number of carbonyl (C=O) groups excluding carboxylic acids is 1. The van der Waals surface area contributed by atoms with Gasteiger partial charge >= 0.3 is 0 Å². The minimum atomic E-state index is -0.0798. The van der Waals surface area contributed by atoms with Gasteiger partial charge in [0.2, 0.25) is 5.91 Å². The van der Waals surface area contributed by atoms with Crippen LogP contribution in [0.2, 0.25) is 5.02 Å². The van der Waals surface area contributed by atoms with Crippen LogP contribution in [0, 0.1) is 6.92 Å². The van der Waals surface area contributed by atoms with E-state index in [1.54, 1.807) is 17.4 Å². The average molecular weight is 460 g/mol. The van der Waals surface area contributed by atoms with Crippen molar-refractivity contribution in [2.24, 2.45) is 0 Å². The Hall–Kier alpha value is -2.06. The van der Waals surface area contributed by atoms with Crippen molar-refractivity contribution in [1.82, 2.24) is 4.98 Å². The van der Waals surface area contributed by atoms with Crippen LogP contribution in [0.3, 0.4) is 0 Å². The number of hydrogen-bond donors (Lipinski definition) is 1. The molecule has 0 atom stereocenters. The minimum absolute atomic E-state index is 0.0798. The van der Waals surface area contributed by atoms with Gasteiger partial charge in [0.15, 0.2) is 4.34 Å². The molecule has 1 aliphatic heterocycles. The van der Waals surface area contributed by atoms with Crippen molar-refractivity contribution in [3.05, 3.63) is 58.4 Å². The smallest absolute Gasteiger partial charge is 0.234 e. The lowest BCUT2D eigenvalue weighted by atomic mass is 10.1. The number of hydrogen-bond acceptors (Lipinski definition) is 6.